The average Bonchev–Trinajstić information content (AvgIpc) is 3.18. The predicted molar refractivity (Wildman–Crippen MR) is 104 cm³/mol. The first kappa shape index (κ1) is 18.7. The van der Waals surface area contributed by atoms with Crippen LogP contribution in [0.4, 0.5) is 5.69 Å². The number of carbonyl (C=O) groups excluding carboxylic acids is 1. The summed E-state index contributed by atoms with van der Waals surface area (Å²) in [5, 5.41) is 16.9. The molecule has 7 heteroatoms. The van der Waals surface area contributed by atoms with E-state index in [-0.39, 0.29) is 12.3 Å². The van der Waals surface area contributed by atoms with Crippen molar-refractivity contribution < 1.29 is 9.21 Å². The molecule has 0 radical (unpaired) electrons. The summed E-state index contributed by atoms with van der Waals surface area (Å²) >= 11 is 1.21. The molecule has 0 N–H and O–H groups in total. The predicted octanol–water partition coefficient (Wildman–Crippen LogP) is 4.16. The number of nitrogens with zero attached hydrogens (tertiary/aromatic N) is 4. The number of para-hydroxylation sites is 1. The second-order valence-corrected chi connectivity index (χ2v) is 7.02. The van der Waals surface area contributed by atoms with Crippen molar-refractivity contribution in [2.24, 2.45) is 0 Å². The minimum atomic E-state index is -0.437. The Labute approximate surface area is 161 Å². The molecule has 0 aliphatic heterocycles. The Kier molecular flexibility index (Phi) is 6.23. The standard InChI is InChI=1S/C20H18N4O2S/c1-15(19(25)24(14-8-13-21)17-11-6-3-7-12-17)27-20-23-22-18(26-20)16-9-4-2-5-10-16/h2-7,9-12,15H,8,14H2,1H3/t15-/m1/s1. The van der Waals surface area contributed by atoms with E-state index in [1.54, 1.807) is 11.8 Å². The lowest BCUT2D eigenvalue weighted by Gasteiger charge is -2.24. The average molecular weight is 378 g/mol. The molecule has 1 heterocycles. The number of hydrogen-bond donors (Lipinski definition) is 0. The Balaban J connectivity index is 1.72. The van der Waals surface area contributed by atoms with Gasteiger partial charge in [0, 0.05) is 17.8 Å². The second kappa shape index (κ2) is 9.01. The third kappa shape index (κ3) is 4.74. The minimum Gasteiger partial charge on any atom is -0.411 e. The van der Waals surface area contributed by atoms with Crippen LogP contribution in [0.5, 0.6) is 0 Å². The maximum absolute atomic E-state index is 12.9. The zero-order valence-electron chi connectivity index (χ0n) is 14.8. The minimum absolute atomic E-state index is 0.110. The molecule has 2 aromatic carbocycles. The van der Waals surface area contributed by atoms with Gasteiger partial charge in [0.05, 0.1) is 17.7 Å². The number of anilines is 1. The van der Waals surface area contributed by atoms with E-state index in [1.807, 2.05) is 60.7 Å². The van der Waals surface area contributed by atoms with Crippen molar-refractivity contribution in [1.82, 2.24) is 10.2 Å². The fraction of sp³-hybridized carbons (Fsp3) is 0.200. The summed E-state index contributed by atoms with van der Waals surface area (Å²) in [5.41, 5.74) is 1.59. The number of aromatic nitrogens is 2. The molecule has 0 aliphatic rings. The maximum atomic E-state index is 12.9. The third-order valence-electron chi connectivity index (χ3n) is 3.83. The molecule has 1 amide bonds. The Hall–Kier alpha value is -3.11. The lowest BCUT2D eigenvalue weighted by molar-refractivity contribution is -0.117. The van der Waals surface area contributed by atoms with Gasteiger partial charge in [0.25, 0.3) is 5.22 Å². The van der Waals surface area contributed by atoms with Gasteiger partial charge in [-0.1, -0.05) is 48.2 Å². The Morgan fingerprint density at radius 1 is 1.15 bits per heavy atom. The Morgan fingerprint density at radius 3 is 2.48 bits per heavy atom. The van der Waals surface area contributed by atoms with E-state index in [1.165, 1.54) is 11.8 Å². The van der Waals surface area contributed by atoms with Gasteiger partial charge in [0.1, 0.15) is 0 Å². The number of benzene rings is 2. The molecule has 0 spiro atoms. The van der Waals surface area contributed by atoms with Gasteiger partial charge in [-0.3, -0.25) is 4.79 Å². The SMILES string of the molecule is C[C@@H](Sc1nnc(-c2ccccc2)o1)C(=O)N(CCC#N)c1ccccc1. The fourth-order valence-corrected chi connectivity index (χ4v) is 3.26. The van der Waals surface area contributed by atoms with Crippen molar-refractivity contribution in [2.75, 3.05) is 11.4 Å². The highest BCUT2D eigenvalue weighted by atomic mass is 32.2. The largest absolute Gasteiger partial charge is 0.411 e. The van der Waals surface area contributed by atoms with Gasteiger partial charge in [-0.15, -0.1) is 10.2 Å². The molecule has 27 heavy (non-hydrogen) atoms. The molecule has 0 fully saturated rings. The van der Waals surface area contributed by atoms with Crippen molar-refractivity contribution in [3.8, 4) is 17.5 Å². The van der Waals surface area contributed by atoms with Gasteiger partial charge < -0.3 is 9.32 Å². The summed E-state index contributed by atoms with van der Waals surface area (Å²) < 4.78 is 5.67. The molecular weight excluding hydrogens is 360 g/mol. The van der Waals surface area contributed by atoms with Crippen LogP contribution in [0.3, 0.4) is 0 Å². The molecule has 136 valence electrons. The monoisotopic (exact) mass is 378 g/mol. The van der Waals surface area contributed by atoms with Crippen LogP contribution in [0.2, 0.25) is 0 Å². The van der Waals surface area contributed by atoms with Crippen LogP contribution < -0.4 is 4.90 Å². The number of nitriles is 1. The lowest BCUT2D eigenvalue weighted by atomic mass is 10.2. The summed E-state index contributed by atoms with van der Waals surface area (Å²) in [7, 11) is 0. The first-order valence-electron chi connectivity index (χ1n) is 8.48. The van der Waals surface area contributed by atoms with Crippen LogP contribution in [-0.4, -0.2) is 27.9 Å². The van der Waals surface area contributed by atoms with Gasteiger partial charge in [0.2, 0.25) is 11.8 Å². The molecule has 0 bridgehead atoms. The van der Waals surface area contributed by atoms with Crippen molar-refractivity contribution in [3.63, 3.8) is 0 Å². The van der Waals surface area contributed by atoms with E-state index in [2.05, 4.69) is 16.3 Å². The highest BCUT2D eigenvalue weighted by Gasteiger charge is 2.24. The maximum Gasteiger partial charge on any atom is 0.277 e. The van der Waals surface area contributed by atoms with Crippen LogP contribution >= 0.6 is 11.8 Å². The summed E-state index contributed by atoms with van der Waals surface area (Å²) in [6.07, 6.45) is 0.261. The zero-order valence-corrected chi connectivity index (χ0v) is 15.6. The molecule has 6 nitrogen and oxygen atoms in total. The number of hydrogen-bond acceptors (Lipinski definition) is 6. The number of thioether (sulfide) groups is 1. The van der Waals surface area contributed by atoms with Crippen LogP contribution in [0.15, 0.2) is 70.3 Å². The third-order valence-corrected chi connectivity index (χ3v) is 4.76. The van der Waals surface area contributed by atoms with Crippen LogP contribution in [0, 0.1) is 11.3 Å². The number of carbonyl (C=O) groups is 1. The van der Waals surface area contributed by atoms with Crippen LogP contribution in [0.1, 0.15) is 13.3 Å². The Bertz CT molecular complexity index is 922. The smallest absolute Gasteiger partial charge is 0.277 e. The molecule has 0 aliphatic carbocycles. The highest BCUT2D eigenvalue weighted by molar-refractivity contribution is 8.00. The van der Waals surface area contributed by atoms with Crippen LogP contribution in [0.25, 0.3) is 11.5 Å². The first-order valence-corrected chi connectivity index (χ1v) is 9.36. The second-order valence-electron chi connectivity index (χ2n) is 5.73. The van der Waals surface area contributed by atoms with E-state index in [0.29, 0.717) is 17.7 Å². The summed E-state index contributed by atoms with van der Waals surface area (Å²) in [6, 6.07) is 20.9. The van der Waals surface area contributed by atoms with E-state index in [9.17, 15) is 4.79 Å². The van der Waals surface area contributed by atoms with Gasteiger partial charge in [-0.2, -0.15) is 5.26 Å². The van der Waals surface area contributed by atoms with Gasteiger partial charge in [-0.05, 0) is 31.2 Å². The molecule has 1 atom stereocenters. The molecule has 0 saturated heterocycles. The number of amides is 1. The molecule has 1 aromatic heterocycles. The first-order chi connectivity index (χ1) is 13.2. The Morgan fingerprint density at radius 2 is 1.81 bits per heavy atom. The van der Waals surface area contributed by atoms with Gasteiger partial charge in [-0.25, -0.2) is 0 Å². The molecular formula is C20H18N4O2S. The van der Waals surface area contributed by atoms with Crippen molar-refractivity contribution in [3.05, 3.63) is 60.7 Å². The van der Waals surface area contributed by atoms with Crippen LogP contribution in [-0.2, 0) is 4.79 Å². The van der Waals surface area contributed by atoms with E-state index >= 15 is 0 Å². The number of rotatable bonds is 7. The molecule has 0 saturated carbocycles. The van der Waals surface area contributed by atoms with Gasteiger partial charge >= 0.3 is 0 Å². The van der Waals surface area contributed by atoms with E-state index in [4.69, 9.17) is 9.68 Å². The van der Waals surface area contributed by atoms with Crippen molar-refractivity contribution in [2.45, 2.75) is 23.8 Å². The van der Waals surface area contributed by atoms with E-state index < -0.39 is 5.25 Å². The summed E-state index contributed by atoms with van der Waals surface area (Å²) in [6.45, 7) is 2.13. The summed E-state index contributed by atoms with van der Waals surface area (Å²) in [4.78, 5) is 14.6. The molecule has 3 aromatic rings. The quantitative estimate of drug-likeness (QED) is 0.574. The van der Waals surface area contributed by atoms with Crippen molar-refractivity contribution >= 4 is 23.4 Å². The van der Waals surface area contributed by atoms with Gasteiger partial charge in [0.15, 0.2) is 0 Å². The molecule has 0 unspecified atom stereocenters. The normalized spacial score (nSPS) is 11.6. The highest BCUT2D eigenvalue weighted by Crippen LogP contribution is 2.28. The lowest BCUT2D eigenvalue weighted by Crippen LogP contribution is -2.37. The van der Waals surface area contributed by atoms with E-state index in [0.717, 1.165) is 11.3 Å². The fourth-order valence-electron chi connectivity index (χ4n) is 2.51. The molecule has 3 rings (SSSR count). The zero-order chi connectivity index (χ0) is 19.1. The summed E-state index contributed by atoms with van der Waals surface area (Å²) in [5.74, 6) is 0.308. The topological polar surface area (TPSA) is 83.0 Å². The van der Waals surface area contributed by atoms with Crippen molar-refractivity contribution in [1.29, 1.82) is 5.26 Å².